The Morgan fingerprint density at radius 1 is 1.14 bits per heavy atom. The average molecular weight is 527 g/mol. The van der Waals surface area contributed by atoms with Crippen molar-refractivity contribution >= 4 is 28.5 Å². The Hall–Kier alpha value is -2.99. The SMILES string of the molecule is CC(C)(C)OC(=O)NCCCCNC(=O)COc1c(-c2csc(N3CCOCC3)n2)ccc(F)c1F. The minimum Gasteiger partial charge on any atom is -0.480 e. The number of thiazole rings is 1. The number of anilines is 1. The molecule has 1 aliphatic rings. The zero-order valence-electron chi connectivity index (χ0n) is 20.7. The van der Waals surface area contributed by atoms with Crippen LogP contribution in [0.2, 0.25) is 0 Å². The van der Waals surface area contributed by atoms with Gasteiger partial charge < -0.3 is 29.7 Å². The molecular weight excluding hydrogens is 494 g/mol. The van der Waals surface area contributed by atoms with Gasteiger partial charge in [-0.3, -0.25) is 4.79 Å². The van der Waals surface area contributed by atoms with Crippen molar-refractivity contribution in [2.24, 2.45) is 0 Å². The van der Waals surface area contributed by atoms with E-state index in [1.807, 2.05) is 0 Å². The van der Waals surface area contributed by atoms with Gasteiger partial charge in [-0.15, -0.1) is 11.3 Å². The minimum absolute atomic E-state index is 0.269. The summed E-state index contributed by atoms with van der Waals surface area (Å²) in [6, 6.07) is 2.40. The molecule has 0 unspecified atom stereocenters. The molecule has 1 aromatic heterocycles. The number of carbonyl (C=O) groups excluding carboxylic acids is 2. The van der Waals surface area contributed by atoms with E-state index in [4.69, 9.17) is 14.2 Å². The molecule has 1 aliphatic heterocycles. The van der Waals surface area contributed by atoms with Crippen molar-refractivity contribution in [1.29, 1.82) is 0 Å². The third-order valence-electron chi connectivity index (χ3n) is 5.04. The molecule has 1 saturated heterocycles. The van der Waals surface area contributed by atoms with E-state index in [1.54, 1.807) is 26.2 Å². The van der Waals surface area contributed by atoms with Crippen LogP contribution in [0, 0.1) is 11.6 Å². The first-order valence-corrected chi connectivity index (χ1v) is 12.6. The Morgan fingerprint density at radius 2 is 1.83 bits per heavy atom. The lowest BCUT2D eigenvalue weighted by Crippen LogP contribution is -2.36. The smallest absolute Gasteiger partial charge is 0.407 e. The molecule has 3 rings (SSSR count). The molecule has 2 N–H and O–H groups in total. The molecule has 0 saturated carbocycles. The number of nitrogens with one attached hydrogen (secondary N) is 2. The van der Waals surface area contributed by atoms with Gasteiger partial charge in [0.1, 0.15) is 5.60 Å². The van der Waals surface area contributed by atoms with E-state index >= 15 is 0 Å². The number of benzene rings is 1. The molecule has 2 aromatic rings. The van der Waals surface area contributed by atoms with Crippen LogP contribution >= 0.6 is 11.3 Å². The van der Waals surface area contributed by atoms with Crippen molar-refractivity contribution in [1.82, 2.24) is 15.6 Å². The molecule has 0 aliphatic carbocycles. The fourth-order valence-electron chi connectivity index (χ4n) is 3.33. The summed E-state index contributed by atoms with van der Waals surface area (Å²) >= 11 is 1.39. The van der Waals surface area contributed by atoms with E-state index in [0.717, 1.165) is 11.2 Å². The van der Waals surface area contributed by atoms with E-state index in [1.165, 1.54) is 17.4 Å². The minimum atomic E-state index is -1.17. The van der Waals surface area contributed by atoms with Crippen molar-refractivity contribution < 1.29 is 32.6 Å². The molecule has 1 fully saturated rings. The maximum atomic E-state index is 14.6. The summed E-state index contributed by atoms with van der Waals surface area (Å²) in [4.78, 5) is 30.4. The second kappa shape index (κ2) is 12.8. The van der Waals surface area contributed by atoms with Crippen molar-refractivity contribution in [3.8, 4) is 17.0 Å². The van der Waals surface area contributed by atoms with E-state index in [0.29, 0.717) is 57.9 Å². The highest BCUT2D eigenvalue weighted by Gasteiger charge is 2.21. The van der Waals surface area contributed by atoms with Crippen LogP contribution < -0.4 is 20.3 Å². The topological polar surface area (TPSA) is 102 Å². The van der Waals surface area contributed by atoms with Gasteiger partial charge in [-0.2, -0.15) is 4.39 Å². The highest BCUT2D eigenvalue weighted by atomic mass is 32.1. The van der Waals surface area contributed by atoms with Gasteiger partial charge >= 0.3 is 6.09 Å². The number of ether oxygens (including phenoxy) is 3. The first-order chi connectivity index (χ1) is 17.1. The van der Waals surface area contributed by atoms with Gasteiger partial charge in [0.15, 0.2) is 23.3 Å². The van der Waals surface area contributed by atoms with Crippen LogP contribution in [0.1, 0.15) is 33.6 Å². The van der Waals surface area contributed by atoms with Crippen LogP contribution in [0.4, 0.5) is 18.7 Å². The van der Waals surface area contributed by atoms with E-state index < -0.39 is 35.8 Å². The number of nitrogens with zero attached hydrogens (tertiary/aromatic N) is 2. The van der Waals surface area contributed by atoms with Crippen LogP contribution in [0.5, 0.6) is 5.75 Å². The molecule has 0 bridgehead atoms. The molecule has 198 valence electrons. The number of carbonyl (C=O) groups is 2. The highest BCUT2D eigenvalue weighted by molar-refractivity contribution is 7.14. The molecule has 0 spiro atoms. The number of alkyl carbamates (subject to hydrolysis) is 1. The average Bonchev–Trinajstić information content (AvgIpc) is 3.31. The van der Waals surface area contributed by atoms with Crippen LogP contribution in [0.3, 0.4) is 0 Å². The highest BCUT2D eigenvalue weighted by Crippen LogP contribution is 2.36. The molecule has 1 aromatic carbocycles. The number of morpholine rings is 1. The summed E-state index contributed by atoms with van der Waals surface area (Å²) in [6.07, 6.45) is 0.729. The number of aromatic nitrogens is 1. The van der Waals surface area contributed by atoms with Crippen LogP contribution in [0.15, 0.2) is 17.5 Å². The Balaban J connectivity index is 1.48. The first-order valence-electron chi connectivity index (χ1n) is 11.8. The second-order valence-corrected chi connectivity index (χ2v) is 9.96. The Kier molecular flexibility index (Phi) is 9.82. The van der Waals surface area contributed by atoms with Gasteiger partial charge in [0.25, 0.3) is 5.91 Å². The molecule has 9 nitrogen and oxygen atoms in total. The predicted octanol–water partition coefficient (Wildman–Crippen LogP) is 3.72. The normalized spacial score (nSPS) is 13.9. The van der Waals surface area contributed by atoms with Gasteiger partial charge in [0.2, 0.25) is 5.82 Å². The van der Waals surface area contributed by atoms with E-state index in [2.05, 4.69) is 20.5 Å². The summed E-state index contributed by atoms with van der Waals surface area (Å²) in [5.74, 6) is -3.08. The summed E-state index contributed by atoms with van der Waals surface area (Å²) < 4.78 is 44.4. The fourth-order valence-corrected chi connectivity index (χ4v) is 4.21. The molecule has 2 heterocycles. The molecule has 36 heavy (non-hydrogen) atoms. The maximum absolute atomic E-state index is 14.6. The zero-order chi connectivity index (χ0) is 26.1. The molecule has 12 heteroatoms. The fraction of sp³-hybridized carbons (Fsp3) is 0.542. The zero-order valence-corrected chi connectivity index (χ0v) is 21.5. The van der Waals surface area contributed by atoms with Crippen LogP contribution in [0.25, 0.3) is 11.3 Å². The van der Waals surface area contributed by atoms with Crippen molar-refractivity contribution in [2.45, 2.75) is 39.2 Å². The van der Waals surface area contributed by atoms with Crippen molar-refractivity contribution in [3.05, 3.63) is 29.1 Å². The van der Waals surface area contributed by atoms with Crippen molar-refractivity contribution in [3.63, 3.8) is 0 Å². The number of amides is 2. The molecule has 0 atom stereocenters. The molecule has 0 radical (unpaired) electrons. The van der Waals surface area contributed by atoms with Gasteiger partial charge in [0.05, 0.1) is 18.9 Å². The van der Waals surface area contributed by atoms with Crippen LogP contribution in [-0.2, 0) is 14.3 Å². The lowest BCUT2D eigenvalue weighted by Gasteiger charge is -2.26. The van der Waals surface area contributed by atoms with Crippen molar-refractivity contribution in [2.75, 3.05) is 50.9 Å². The number of hydrogen-bond acceptors (Lipinski definition) is 8. The lowest BCUT2D eigenvalue weighted by atomic mass is 10.1. The van der Waals surface area contributed by atoms with E-state index in [-0.39, 0.29) is 11.3 Å². The Labute approximate surface area is 213 Å². The van der Waals surface area contributed by atoms with Gasteiger partial charge in [-0.1, -0.05) is 0 Å². The quantitative estimate of drug-likeness (QED) is 0.455. The number of hydrogen-bond donors (Lipinski definition) is 2. The summed E-state index contributed by atoms with van der Waals surface area (Å²) in [6.45, 7) is 8.20. The number of unbranched alkanes of at least 4 members (excludes halogenated alkanes) is 1. The Morgan fingerprint density at radius 3 is 2.53 bits per heavy atom. The first kappa shape index (κ1) is 27.6. The lowest BCUT2D eigenvalue weighted by molar-refractivity contribution is -0.123. The molecule has 2 amide bonds. The number of rotatable bonds is 10. The summed E-state index contributed by atoms with van der Waals surface area (Å²) in [7, 11) is 0. The predicted molar refractivity (Wildman–Crippen MR) is 132 cm³/mol. The largest absolute Gasteiger partial charge is 0.480 e. The monoisotopic (exact) mass is 526 g/mol. The van der Waals surface area contributed by atoms with Gasteiger partial charge in [-0.25, -0.2) is 14.2 Å². The number of halogens is 2. The summed E-state index contributed by atoms with van der Waals surface area (Å²) in [5, 5.41) is 7.80. The third kappa shape index (κ3) is 8.30. The third-order valence-corrected chi connectivity index (χ3v) is 5.94. The van der Waals surface area contributed by atoms with Gasteiger partial charge in [-0.05, 0) is 45.7 Å². The standard InChI is InChI=1S/C24H32F2N4O5S/c1-24(2,3)35-23(32)28-9-5-4-8-27-19(31)14-34-21-16(6-7-17(25)20(21)26)18-15-36-22(29-18)30-10-12-33-13-11-30/h6-7,15H,4-5,8-14H2,1-3H3,(H,27,31)(H,28,32). The molecular formula is C24H32F2N4O5S. The second-order valence-electron chi connectivity index (χ2n) is 9.13. The maximum Gasteiger partial charge on any atom is 0.407 e. The van der Waals surface area contributed by atoms with E-state index in [9.17, 15) is 18.4 Å². The van der Waals surface area contributed by atoms with Crippen LogP contribution in [-0.4, -0.2) is 68.6 Å². The summed E-state index contributed by atoms with van der Waals surface area (Å²) in [5.41, 5.74) is 0.141. The Bertz CT molecular complexity index is 1040. The van der Waals surface area contributed by atoms with Gasteiger partial charge in [0, 0.05) is 37.1 Å².